The first-order chi connectivity index (χ1) is 11.0. The number of benzene rings is 1. The quantitative estimate of drug-likeness (QED) is 0.431. The van der Waals surface area contributed by atoms with Crippen LogP contribution in [0.25, 0.3) is 0 Å². The van der Waals surface area contributed by atoms with Gasteiger partial charge in [0.25, 0.3) is 6.47 Å². The molecule has 6 heteroatoms. The van der Waals surface area contributed by atoms with Gasteiger partial charge in [-0.2, -0.15) is 0 Å². The van der Waals surface area contributed by atoms with Gasteiger partial charge in [-0.3, -0.25) is 14.5 Å². The van der Waals surface area contributed by atoms with Crippen molar-refractivity contribution in [3.63, 3.8) is 0 Å². The molecule has 23 heavy (non-hydrogen) atoms. The SMILES string of the molecule is CCC(OC=O)(C(=O)c1ccc(N2CCOCC2)cc1)N(C)C. The van der Waals surface area contributed by atoms with E-state index in [1.54, 1.807) is 31.1 Å². The lowest BCUT2D eigenvalue weighted by atomic mass is 9.96. The van der Waals surface area contributed by atoms with Gasteiger partial charge in [0.2, 0.25) is 11.5 Å². The minimum atomic E-state index is -1.26. The third kappa shape index (κ3) is 3.54. The maximum atomic E-state index is 12.9. The highest BCUT2D eigenvalue weighted by molar-refractivity contribution is 6.02. The summed E-state index contributed by atoms with van der Waals surface area (Å²) < 4.78 is 10.5. The molecule has 6 nitrogen and oxygen atoms in total. The van der Waals surface area contributed by atoms with E-state index in [2.05, 4.69) is 4.90 Å². The Morgan fingerprint density at radius 3 is 2.39 bits per heavy atom. The lowest BCUT2D eigenvalue weighted by Gasteiger charge is -2.35. The van der Waals surface area contributed by atoms with E-state index in [9.17, 15) is 9.59 Å². The van der Waals surface area contributed by atoms with Crippen LogP contribution in [0.3, 0.4) is 0 Å². The summed E-state index contributed by atoms with van der Waals surface area (Å²) in [7, 11) is 3.46. The molecule has 1 heterocycles. The van der Waals surface area contributed by atoms with Gasteiger partial charge in [0.1, 0.15) is 0 Å². The zero-order valence-electron chi connectivity index (χ0n) is 13.9. The molecule has 0 bridgehead atoms. The number of hydrogen-bond donors (Lipinski definition) is 0. The van der Waals surface area contributed by atoms with E-state index in [4.69, 9.17) is 9.47 Å². The topological polar surface area (TPSA) is 59.1 Å². The maximum Gasteiger partial charge on any atom is 0.295 e. The van der Waals surface area contributed by atoms with Crippen molar-refractivity contribution in [3.05, 3.63) is 29.8 Å². The number of ketones is 1. The molecule has 1 unspecified atom stereocenters. The lowest BCUT2D eigenvalue weighted by Crippen LogP contribution is -2.52. The summed E-state index contributed by atoms with van der Waals surface area (Å²) in [6.45, 7) is 5.28. The smallest absolute Gasteiger partial charge is 0.295 e. The van der Waals surface area contributed by atoms with Crippen LogP contribution in [-0.4, -0.2) is 63.3 Å². The molecule has 1 aromatic carbocycles. The molecule has 1 saturated heterocycles. The highest BCUT2D eigenvalue weighted by atomic mass is 16.6. The van der Waals surface area contributed by atoms with Crippen LogP contribution < -0.4 is 4.90 Å². The van der Waals surface area contributed by atoms with Crippen molar-refractivity contribution in [3.8, 4) is 0 Å². The first kappa shape index (κ1) is 17.4. The highest BCUT2D eigenvalue weighted by Gasteiger charge is 2.41. The molecule has 0 aliphatic carbocycles. The number of anilines is 1. The Balaban J connectivity index is 2.22. The third-order valence-corrected chi connectivity index (χ3v) is 4.31. The van der Waals surface area contributed by atoms with E-state index >= 15 is 0 Å². The van der Waals surface area contributed by atoms with Crippen LogP contribution in [0, 0.1) is 0 Å². The number of carbonyl (C=O) groups is 2. The third-order valence-electron chi connectivity index (χ3n) is 4.31. The molecule has 0 amide bonds. The summed E-state index contributed by atoms with van der Waals surface area (Å²) >= 11 is 0. The fourth-order valence-corrected chi connectivity index (χ4v) is 2.87. The van der Waals surface area contributed by atoms with Gasteiger partial charge in [-0.15, -0.1) is 0 Å². The van der Waals surface area contributed by atoms with Gasteiger partial charge in [-0.25, -0.2) is 0 Å². The summed E-state index contributed by atoms with van der Waals surface area (Å²) in [6.07, 6.45) is 0.378. The van der Waals surface area contributed by atoms with Crippen molar-refractivity contribution in [2.45, 2.75) is 19.1 Å². The molecule has 0 aromatic heterocycles. The van der Waals surface area contributed by atoms with Crippen molar-refractivity contribution in [1.82, 2.24) is 4.90 Å². The number of Topliss-reactive ketones (excluding diaryl/α,β-unsaturated/α-hetero) is 1. The largest absolute Gasteiger partial charge is 0.438 e. The molecule has 1 aromatic rings. The molecule has 0 saturated carbocycles. The van der Waals surface area contributed by atoms with Crippen LogP contribution in [0.2, 0.25) is 0 Å². The molecule has 1 fully saturated rings. The van der Waals surface area contributed by atoms with E-state index in [0.717, 1.165) is 18.8 Å². The average molecular weight is 320 g/mol. The van der Waals surface area contributed by atoms with Gasteiger partial charge in [0.05, 0.1) is 13.2 Å². The Labute approximate surface area is 137 Å². The predicted molar refractivity (Wildman–Crippen MR) is 87.7 cm³/mol. The second-order valence-corrected chi connectivity index (χ2v) is 5.72. The summed E-state index contributed by atoms with van der Waals surface area (Å²) in [5.41, 5.74) is 0.329. The monoisotopic (exact) mass is 320 g/mol. The first-order valence-corrected chi connectivity index (χ1v) is 7.81. The van der Waals surface area contributed by atoms with Gasteiger partial charge in [-0.1, -0.05) is 6.92 Å². The zero-order valence-corrected chi connectivity index (χ0v) is 13.9. The van der Waals surface area contributed by atoms with Crippen LogP contribution in [0.1, 0.15) is 23.7 Å². The average Bonchev–Trinajstić information content (AvgIpc) is 2.60. The first-order valence-electron chi connectivity index (χ1n) is 7.81. The minimum Gasteiger partial charge on any atom is -0.438 e. The molecular weight excluding hydrogens is 296 g/mol. The molecule has 0 spiro atoms. The molecule has 2 rings (SSSR count). The fourth-order valence-electron chi connectivity index (χ4n) is 2.87. The molecule has 126 valence electrons. The van der Waals surface area contributed by atoms with Gasteiger partial charge < -0.3 is 14.4 Å². The van der Waals surface area contributed by atoms with Crippen LogP contribution in [0.4, 0.5) is 5.69 Å². The van der Waals surface area contributed by atoms with E-state index in [1.165, 1.54) is 0 Å². The number of carbonyl (C=O) groups excluding carboxylic acids is 2. The van der Waals surface area contributed by atoms with Crippen molar-refractivity contribution < 1.29 is 19.1 Å². The van der Waals surface area contributed by atoms with Crippen LogP contribution in [-0.2, 0) is 14.3 Å². The Kier molecular flexibility index (Phi) is 5.74. The van der Waals surface area contributed by atoms with Crippen molar-refractivity contribution in [1.29, 1.82) is 0 Å². The molecule has 0 radical (unpaired) electrons. The normalized spacial score (nSPS) is 17.7. The Morgan fingerprint density at radius 1 is 1.30 bits per heavy atom. The minimum absolute atomic E-state index is 0.217. The van der Waals surface area contributed by atoms with Gasteiger partial charge in [-0.05, 0) is 38.4 Å². The van der Waals surface area contributed by atoms with Crippen LogP contribution >= 0.6 is 0 Å². The van der Waals surface area contributed by atoms with E-state index in [0.29, 0.717) is 31.7 Å². The summed E-state index contributed by atoms with van der Waals surface area (Å²) in [5, 5.41) is 0. The van der Waals surface area contributed by atoms with Crippen LogP contribution in [0.5, 0.6) is 0 Å². The number of rotatable bonds is 7. The standard InChI is InChI=1S/C17H24N2O4/c1-4-17(18(2)3,23-13-20)16(21)14-5-7-15(8-6-14)19-9-11-22-12-10-19/h5-8,13H,4,9-12H2,1-3H3. The van der Waals surface area contributed by atoms with Crippen LogP contribution in [0.15, 0.2) is 24.3 Å². The van der Waals surface area contributed by atoms with E-state index in [1.807, 2.05) is 19.1 Å². The second kappa shape index (κ2) is 7.57. The Hall–Kier alpha value is -1.92. The van der Waals surface area contributed by atoms with Crippen molar-refractivity contribution in [2.75, 3.05) is 45.3 Å². The zero-order chi connectivity index (χ0) is 16.9. The van der Waals surface area contributed by atoms with Gasteiger partial charge >= 0.3 is 0 Å². The van der Waals surface area contributed by atoms with Crippen molar-refractivity contribution in [2.24, 2.45) is 0 Å². The Morgan fingerprint density at radius 2 is 1.91 bits per heavy atom. The molecular formula is C17H24N2O4. The second-order valence-electron chi connectivity index (χ2n) is 5.72. The predicted octanol–water partition coefficient (Wildman–Crippen LogP) is 1.55. The summed E-state index contributed by atoms with van der Waals surface area (Å²) in [4.78, 5) is 27.6. The molecule has 1 atom stereocenters. The number of morpholine rings is 1. The number of nitrogens with zero attached hydrogens (tertiary/aromatic N) is 2. The lowest BCUT2D eigenvalue weighted by molar-refractivity contribution is -0.153. The summed E-state index contributed by atoms with van der Waals surface area (Å²) in [5.74, 6) is -0.217. The molecule has 1 aliphatic rings. The van der Waals surface area contributed by atoms with Crippen molar-refractivity contribution >= 4 is 17.9 Å². The Bertz CT molecular complexity index is 538. The van der Waals surface area contributed by atoms with E-state index < -0.39 is 5.72 Å². The molecule has 1 aliphatic heterocycles. The fraction of sp³-hybridized carbons (Fsp3) is 0.529. The van der Waals surface area contributed by atoms with Gasteiger partial charge in [0.15, 0.2) is 0 Å². The van der Waals surface area contributed by atoms with E-state index in [-0.39, 0.29) is 5.78 Å². The highest BCUT2D eigenvalue weighted by Crippen LogP contribution is 2.25. The number of hydrogen-bond acceptors (Lipinski definition) is 6. The maximum absolute atomic E-state index is 12.9. The summed E-state index contributed by atoms with van der Waals surface area (Å²) in [6, 6.07) is 7.43. The number of ether oxygens (including phenoxy) is 2. The van der Waals surface area contributed by atoms with Gasteiger partial charge in [0, 0.05) is 30.8 Å². The number of likely N-dealkylation sites (N-methyl/N-ethyl adjacent to an activating group) is 1. The molecule has 0 N–H and O–H groups in total.